The molecule has 30 nitrogen and oxygen atoms in total. The molecule has 10 rings (SSSR count). The predicted molar refractivity (Wildman–Crippen MR) is 432 cm³/mol. The zero-order valence-electron chi connectivity index (χ0n) is 64.7. The van der Waals surface area contributed by atoms with Crippen LogP contribution in [0.5, 0.6) is 0 Å². The second-order valence-corrected chi connectivity index (χ2v) is 32.5. The van der Waals surface area contributed by atoms with Gasteiger partial charge in [-0.2, -0.15) is 23.5 Å². The molecule has 0 unspecified atom stereocenters. The van der Waals surface area contributed by atoms with Crippen molar-refractivity contribution >= 4 is 128 Å². The fourth-order valence-electron chi connectivity index (χ4n) is 14.5. The van der Waals surface area contributed by atoms with Crippen molar-refractivity contribution in [2.24, 2.45) is 23.3 Å². The van der Waals surface area contributed by atoms with Crippen molar-refractivity contribution in [2.75, 3.05) is 37.1 Å². The number of carbonyl (C=O) groups is 14. The number of amides is 14. The molecule has 0 radical (unpaired) electrons. The molecule has 32 heteroatoms. The molecule has 4 aliphatic heterocycles. The van der Waals surface area contributed by atoms with Crippen LogP contribution in [-0.2, 0) is 92.8 Å². The van der Waals surface area contributed by atoms with E-state index >= 15 is 19.2 Å². The number of nitrogens with one attached hydrogen (secondary N) is 10. The molecule has 12 atom stereocenters. The van der Waals surface area contributed by atoms with Crippen LogP contribution in [0.25, 0.3) is 21.8 Å². The van der Waals surface area contributed by atoms with Gasteiger partial charge in [0.05, 0.1) is 0 Å². The number of nitrogens with two attached hydrogens (primary N) is 2. The largest absolute Gasteiger partial charge is 0.370 e. The number of hydrogen-bond acceptors (Lipinski definition) is 16. The maximum Gasteiger partial charge on any atom is 0.253 e. The lowest BCUT2D eigenvalue weighted by Gasteiger charge is -2.33. The topological polar surface area (TPSA) is 432 Å². The number of rotatable bonds is 27. The normalized spacial score (nSPS) is 24.0. The molecule has 606 valence electrons. The van der Waals surface area contributed by atoms with E-state index in [0.29, 0.717) is 33.8 Å². The molecule has 4 aromatic carbocycles. The van der Waals surface area contributed by atoms with Crippen LogP contribution in [0.2, 0.25) is 0 Å². The van der Waals surface area contributed by atoms with Gasteiger partial charge in [0.2, 0.25) is 70.9 Å². The third-order valence-corrected chi connectivity index (χ3v) is 23.0. The SMILES string of the molecule is CC(C)C[C@H]1C(=O)N[C@@H](CCSCCSCC[C@@H]2NC(=O)[C@H](CC(C)C)N3C=C[C@@H](NC(=O)[C@H](Cc4ccccc4)N(C)C(=O)[C@@H](Cc4c[nH]c5ccccc45)NC(=O)[C@H](CCC(N)=O)NC2=O)C3=O)C(=O)N[C@@H](CCC(N)=O)C(=O)N[C@H](Cc2c[nH]c3ccccc23)C(=O)N(C)[C@@H](Cc2ccccc2)C(=O)N[C@@H]2C=CN1C2=O. The van der Waals surface area contributed by atoms with Crippen molar-refractivity contribution in [1.82, 2.24) is 72.1 Å². The van der Waals surface area contributed by atoms with Crippen LogP contribution in [0.15, 0.2) is 146 Å². The predicted octanol–water partition coefficient (Wildman–Crippen LogP) is 2.80. The van der Waals surface area contributed by atoms with E-state index in [0.717, 1.165) is 21.8 Å². The summed E-state index contributed by atoms with van der Waals surface area (Å²) in [6.45, 7) is 7.40. The molecular weight excluding hydrogens is 1500 g/mol. The second-order valence-electron chi connectivity index (χ2n) is 30.1. The van der Waals surface area contributed by atoms with Gasteiger partial charge in [-0.05, 0) is 108 Å². The lowest BCUT2D eigenvalue weighted by molar-refractivity contribution is -0.144. The molecule has 6 aromatic rings. The van der Waals surface area contributed by atoms with E-state index in [1.54, 1.807) is 73.1 Å². The van der Waals surface area contributed by atoms with Gasteiger partial charge in [0.15, 0.2) is 0 Å². The van der Waals surface area contributed by atoms with E-state index in [1.165, 1.54) is 81.8 Å². The number of fused-ring (bicyclic) bond motifs is 6. The average molecular weight is 1600 g/mol. The number of carbonyl (C=O) groups excluding carboxylic acids is 14. The first-order valence-electron chi connectivity index (χ1n) is 38.5. The van der Waals surface area contributed by atoms with E-state index in [1.807, 2.05) is 76.2 Å². The van der Waals surface area contributed by atoms with Crippen LogP contribution >= 0.6 is 23.5 Å². The standard InChI is InChI=1S/C82H102N16O14S2/c1-47(2)39-67-77(107)89-59(73(103)87-57(25-27-69(83)99)71(101)93-63(43-51-45-85-55-23-15-13-21-53(51)55)79(109)95(5)65(41-49-17-9-7-10-18-49)75(105)91-61-29-33-97(67)81(61)111)31-35-113-37-38-114-36-32-60-74(104)88-58(26-28-70(84)100)72(102)94-64(44-52-46-86-56-24-16-14-22-54(52)56)80(110)96(6)66(42-50-19-11-8-12-20-50)76(106)92-62-30-34-98(82(62)112)68(40-48(3)4)78(108)90-60/h7-24,29-30,33-34,45-48,57-68,85-86H,25-28,31-32,35-44H2,1-6H3,(H2,83,99)(H2,84,100)(H,87,103)(H,88,104)(H,89,107)(H,90,108)(H,91,105)(H,92,106)(H,93,101)(H,94,102)/t57-,58-,59-,60-,61+,62+,63+,64+,65-,66-,67-,68-/m0/s1. The highest BCUT2D eigenvalue weighted by molar-refractivity contribution is 8.02. The first-order chi connectivity index (χ1) is 54.6. The Labute approximate surface area is 669 Å². The van der Waals surface area contributed by atoms with Gasteiger partial charge < -0.3 is 83.6 Å². The van der Waals surface area contributed by atoms with E-state index < -0.39 is 155 Å². The molecule has 114 heavy (non-hydrogen) atoms. The first-order valence-corrected chi connectivity index (χ1v) is 40.8. The maximum absolute atomic E-state index is 15.2. The zero-order chi connectivity index (χ0) is 81.9. The Balaban J connectivity index is 0.880. The maximum atomic E-state index is 15.2. The van der Waals surface area contributed by atoms with E-state index in [2.05, 4.69) is 52.5 Å². The summed E-state index contributed by atoms with van der Waals surface area (Å²) in [6, 6.07) is 16.5. The smallest absolute Gasteiger partial charge is 0.253 e. The Morgan fingerprint density at radius 2 is 0.702 bits per heavy atom. The van der Waals surface area contributed by atoms with Crippen molar-refractivity contribution < 1.29 is 67.1 Å². The summed E-state index contributed by atoms with van der Waals surface area (Å²) in [5, 5.41) is 24.0. The summed E-state index contributed by atoms with van der Waals surface area (Å²) >= 11 is 2.78. The fraction of sp³-hybridized carbons (Fsp3) is 0.439. The van der Waals surface area contributed by atoms with Crippen molar-refractivity contribution in [3.8, 4) is 0 Å². The number of likely N-dealkylation sites (N-methyl/N-ethyl adjacent to an activating group) is 2. The van der Waals surface area contributed by atoms with E-state index in [-0.39, 0.29) is 100 Å². The molecule has 2 fully saturated rings. The number of aromatic nitrogens is 2. The van der Waals surface area contributed by atoms with Crippen LogP contribution in [0.3, 0.4) is 0 Å². The van der Waals surface area contributed by atoms with Crippen molar-refractivity contribution in [2.45, 2.75) is 177 Å². The van der Waals surface area contributed by atoms with Crippen LogP contribution in [0.4, 0.5) is 0 Å². The van der Waals surface area contributed by atoms with Crippen molar-refractivity contribution in [3.63, 3.8) is 0 Å². The Morgan fingerprint density at radius 3 is 1.06 bits per heavy atom. The number of nitrogens with zero attached hydrogens (tertiary/aromatic N) is 4. The molecule has 2 saturated heterocycles. The number of para-hydroxylation sites is 2. The molecule has 0 spiro atoms. The van der Waals surface area contributed by atoms with Crippen LogP contribution in [-0.4, -0.2) is 222 Å². The minimum atomic E-state index is -1.52. The molecular formula is C82H102N16O14S2. The highest BCUT2D eigenvalue weighted by Gasteiger charge is 2.44. The Morgan fingerprint density at radius 1 is 0.377 bits per heavy atom. The summed E-state index contributed by atoms with van der Waals surface area (Å²) in [5.41, 5.74) is 15.5. The summed E-state index contributed by atoms with van der Waals surface area (Å²) in [6.07, 6.45) is 7.57. The Bertz CT molecular complexity index is 4290. The van der Waals surface area contributed by atoms with Gasteiger partial charge in [-0.15, -0.1) is 0 Å². The molecule has 0 aliphatic carbocycles. The molecule has 6 heterocycles. The lowest BCUT2D eigenvalue weighted by Crippen LogP contribution is -2.61. The lowest BCUT2D eigenvalue weighted by atomic mass is 9.99. The van der Waals surface area contributed by atoms with Gasteiger partial charge in [-0.3, -0.25) is 67.1 Å². The number of H-pyrrole nitrogens is 2. The monoisotopic (exact) mass is 1600 g/mol. The summed E-state index contributed by atoms with van der Waals surface area (Å²) in [7, 11) is 2.85. The quantitative estimate of drug-likeness (QED) is 0.0330. The molecule has 4 bridgehead atoms. The van der Waals surface area contributed by atoms with E-state index in [9.17, 15) is 47.9 Å². The van der Waals surface area contributed by atoms with Gasteiger partial charge in [0.1, 0.15) is 72.5 Å². The van der Waals surface area contributed by atoms with Gasteiger partial charge in [0.25, 0.3) is 11.8 Å². The molecule has 14 N–H and O–H groups in total. The number of hydrogen-bond donors (Lipinski definition) is 12. The van der Waals surface area contributed by atoms with Crippen molar-refractivity contribution in [1.29, 1.82) is 0 Å². The summed E-state index contributed by atoms with van der Waals surface area (Å²) in [5.74, 6) is -9.64. The first kappa shape index (κ1) is 85.2. The minimum absolute atomic E-state index is 0.00791. The molecule has 0 saturated carbocycles. The highest BCUT2D eigenvalue weighted by Crippen LogP contribution is 2.27. The van der Waals surface area contributed by atoms with Crippen LogP contribution < -0.4 is 54.0 Å². The summed E-state index contributed by atoms with van der Waals surface area (Å²) < 4.78 is 0. The third kappa shape index (κ3) is 22.3. The third-order valence-electron chi connectivity index (χ3n) is 20.8. The van der Waals surface area contributed by atoms with Gasteiger partial charge in [-0.25, -0.2) is 0 Å². The average Bonchev–Trinajstić information content (AvgIpc) is 1.61. The van der Waals surface area contributed by atoms with Crippen LogP contribution in [0, 0.1) is 11.8 Å². The van der Waals surface area contributed by atoms with Crippen LogP contribution in [0.1, 0.15) is 101 Å². The van der Waals surface area contributed by atoms with Crippen molar-refractivity contribution in [3.05, 3.63) is 168 Å². The highest BCUT2D eigenvalue weighted by atomic mass is 32.2. The second kappa shape index (κ2) is 39.9. The minimum Gasteiger partial charge on any atom is -0.370 e. The number of thioether (sulfide) groups is 2. The van der Waals surface area contributed by atoms with Gasteiger partial charge in [0, 0.05) is 111 Å². The zero-order valence-corrected chi connectivity index (χ0v) is 66.4. The number of aromatic amines is 2. The number of benzene rings is 4. The summed E-state index contributed by atoms with van der Waals surface area (Å²) in [4.78, 5) is 215. The fourth-order valence-corrected chi connectivity index (χ4v) is 16.7. The van der Waals surface area contributed by atoms with E-state index in [4.69, 9.17) is 11.5 Å². The van der Waals surface area contributed by atoms with Gasteiger partial charge >= 0.3 is 0 Å². The number of primary amides is 2. The molecule has 2 aromatic heterocycles. The Hall–Kier alpha value is -11.3. The molecule has 14 amide bonds. The Kier molecular flexibility index (Phi) is 29.8. The molecule has 4 aliphatic rings. The van der Waals surface area contributed by atoms with Gasteiger partial charge in [-0.1, -0.05) is 125 Å².